The second-order valence-electron chi connectivity index (χ2n) is 4.28. The van der Waals surface area contributed by atoms with Crippen LogP contribution in [0.15, 0.2) is 24.3 Å². The minimum atomic E-state index is 0.165. The predicted molar refractivity (Wildman–Crippen MR) is 70.2 cm³/mol. The van der Waals surface area contributed by atoms with Crippen LogP contribution in [0.2, 0.25) is 0 Å². The fraction of sp³-hybridized carbons (Fsp3) is 0.571. The van der Waals surface area contributed by atoms with Gasteiger partial charge in [0.2, 0.25) is 0 Å². The number of aryl methyl sites for hydroxylation is 1. The van der Waals surface area contributed by atoms with Gasteiger partial charge >= 0.3 is 0 Å². The summed E-state index contributed by atoms with van der Waals surface area (Å²) < 4.78 is 10.3. The van der Waals surface area contributed by atoms with E-state index in [4.69, 9.17) is 15.2 Å². The van der Waals surface area contributed by atoms with Crippen LogP contribution in [-0.2, 0) is 15.9 Å². The molecule has 1 aromatic rings. The van der Waals surface area contributed by atoms with Crippen LogP contribution in [0.4, 0.5) is 0 Å². The van der Waals surface area contributed by atoms with Crippen LogP contribution in [0.25, 0.3) is 0 Å². The lowest BCUT2D eigenvalue weighted by atomic mass is 10.0. The lowest BCUT2D eigenvalue weighted by Gasteiger charge is -2.13. The molecule has 0 aromatic heterocycles. The summed E-state index contributed by atoms with van der Waals surface area (Å²) in [7, 11) is 1.67. The van der Waals surface area contributed by atoms with Crippen molar-refractivity contribution in [1.29, 1.82) is 0 Å². The normalized spacial score (nSPS) is 12.6. The Kier molecular flexibility index (Phi) is 6.86. The van der Waals surface area contributed by atoms with Crippen molar-refractivity contribution in [2.75, 3.05) is 26.9 Å². The van der Waals surface area contributed by atoms with Crippen molar-refractivity contribution in [2.45, 2.75) is 25.8 Å². The van der Waals surface area contributed by atoms with Crippen molar-refractivity contribution >= 4 is 0 Å². The highest BCUT2D eigenvalue weighted by Gasteiger charge is 2.05. The second-order valence-corrected chi connectivity index (χ2v) is 4.28. The molecule has 2 N–H and O–H groups in total. The quantitative estimate of drug-likeness (QED) is 0.703. The molecule has 0 amide bonds. The molecule has 0 aliphatic carbocycles. The molecule has 0 bridgehead atoms. The first-order valence-electron chi connectivity index (χ1n) is 6.11. The largest absolute Gasteiger partial charge is 0.382 e. The molecular weight excluding hydrogens is 214 g/mol. The summed E-state index contributed by atoms with van der Waals surface area (Å²) in [5.74, 6) is 0. The van der Waals surface area contributed by atoms with Crippen LogP contribution in [0.1, 0.15) is 17.5 Å². The minimum Gasteiger partial charge on any atom is -0.382 e. The Morgan fingerprint density at radius 1 is 1.18 bits per heavy atom. The Bertz CT molecular complexity index is 315. The zero-order valence-corrected chi connectivity index (χ0v) is 10.8. The summed E-state index contributed by atoms with van der Waals surface area (Å²) in [6.07, 6.45) is 1.80. The van der Waals surface area contributed by atoms with Crippen LogP contribution in [-0.4, -0.2) is 33.0 Å². The van der Waals surface area contributed by atoms with Crippen molar-refractivity contribution in [3.63, 3.8) is 0 Å². The Balaban J connectivity index is 2.21. The van der Waals surface area contributed by atoms with Gasteiger partial charge in [-0.25, -0.2) is 0 Å². The third-order valence-corrected chi connectivity index (χ3v) is 2.81. The van der Waals surface area contributed by atoms with Gasteiger partial charge < -0.3 is 15.2 Å². The third kappa shape index (κ3) is 5.82. The monoisotopic (exact) mass is 237 g/mol. The maximum absolute atomic E-state index is 6.08. The van der Waals surface area contributed by atoms with Crippen LogP contribution in [0.3, 0.4) is 0 Å². The standard InChI is InChI=1S/C14H23NO2/c1-12-5-3-4-6-13(12)11-14(15)7-8-17-10-9-16-2/h3-6,14H,7-11,15H2,1-2H3. The number of hydrogen-bond donors (Lipinski definition) is 1. The molecule has 1 aromatic carbocycles. The van der Waals surface area contributed by atoms with Crippen LogP contribution in [0, 0.1) is 6.92 Å². The lowest BCUT2D eigenvalue weighted by Crippen LogP contribution is -2.25. The summed E-state index contributed by atoms with van der Waals surface area (Å²) in [5.41, 5.74) is 8.72. The number of benzene rings is 1. The van der Waals surface area contributed by atoms with E-state index in [-0.39, 0.29) is 6.04 Å². The highest BCUT2D eigenvalue weighted by molar-refractivity contribution is 5.26. The third-order valence-electron chi connectivity index (χ3n) is 2.81. The SMILES string of the molecule is COCCOCCC(N)Cc1ccccc1C. The van der Waals surface area contributed by atoms with Crippen LogP contribution >= 0.6 is 0 Å². The zero-order chi connectivity index (χ0) is 12.5. The highest BCUT2D eigenvalue weighted by Crippen LogP contribution is 2.10. The van der Waals surface area contributed by atoms with Crippen molar-refractivity contribution in [3.05, 3.63) is 35.4 Å². The number of ether oxygens (including phenoxy) is 2. The van der Waals surface area contributed by atoms with Gasteiger partial charge in [-0.3, -0.25) is 0 Å². The van der Waals surface area contributed by atoms with Gasteiger partial charge in [0.25, 0.3) is 0 Å². The molecule has 0 radical (unpaired) electrons. The summed E-state index contributed by atoms with van der Waals surface area (Å²) in [5, 5.41) is 0. The Hall–Kier alpha value is -0.900. The molecule has 0 saturated carbocycles. The fourth-order valence-electron chi connectivity index (χ4n) is 1.70. The molecule has 0 saturated heterocycles. The summed E-state index contributed by atoms with van der Waals surface area (Å²) in [6.45, 7) is 4.12. The van der Waals surface area contributed by atoms with E-state index >= 15 is 0 Å². The average molecular weight is 237 g/mol. The molecule has 0 aliphatic heterocycles. The fourth-order valence-corrected chi connectivity index (χ4v) is 1.70. The van der Waals surface area contributed by atoms with Gasteiger partial charge in [0.05, 0.1) is 13.2 Å². The highest BCUT2D eigenvalue weighted by atomic mass is 16.5. The molecule has 3 heteroatoms. The molecule has 0 spiro atoms. The summed E-state index contributed by atoms with van der Waals surface area (Å²) in [6, 6.07) is 8.54. The summed E-state index contributed by atoms with van der Waals surface area (Å²) >= 11 is 0. The molecule has 1 unspecified atom stereocenters. The summed E-state index contributed by atoms with van der Waals surface area (Å²) in [4.78, 5) is 0. The van der Waals surface area contributed by atoms with Gasteiger partial charge in [-0.05, 0) is 30.9 Å². The molecule has 0 heterocycles. The van der Waals surface area contributed by atoms with Crippen LogP contribution < -0.4 is 5.73 Å². The lowest BCUT2D eigenvalue weighted by molar-refractivity contribution is 0.0672. The van der Waals surface area contributed by atoms with Gasteiger partial charge in [0.15, 0.2) is 0 Å². The van der Waals surface area contributed by atoms with Crippen molar-refractivity contribution in [3.8, 4) is 0 Å². The van der Waals surface area contributed by atoms with Gasteiger partial charge in [-0.15, -0.1) is 0 Å². The maximum atomic E-state index is 6.08. The van der Waals surface area contributed by atoms with E-state index in [1.165, 1.54) is 11.1 Å². The van der Waals surface area contributed by atoms with E-state index in [2.05, 4.69) is 31.2 Å². The minimum absolute atomic E-state index is 0.165. The average Bonchev–Trinajstić information content (AvgIpc) is 2.32. The van der Waals surface area contributed by atoms with Gasteiger partial charge in [-0.2, -0.15) is 0 Å². The molecule has 17 heavy (non-hydrogen) atoms. The Morgan fingerprint density at radius 3 is 2.65 bits per heavy atom. The van der Waals surface area contributed by atoms with Gasteiger partial charge in [-0.1, -0.05) is 24.3 Å². The number of hydrogen-bond acceptors (Lipinski definition) is 3. The number of nitrogens with two attached hydrogens (primary N) is 1. The molecule has 96 valence electrons. The number of rotatable bonds is 8. The first-order chi connectivity index (χ1) is 8.24. The molecular formula is C14H23NO2. The zero-order valence-electron chi connectivity index (χ0n) is 10.8. The van der Waals surface area contributed by atoms with Crippen LogP contribution in [0.5, 0.6) is 0 Å². The molecule has 0 fully saturated rings. The van der Waals surface area contributed by atoms with E-state index in [1.54, 1.807) is 7.11 Å². The molecule has 0 aliphatic rings. The van der Waals surface area contributed by atoms with E-state index in [0.717, 1.165) is 12.8 Å². The van der Waals surface area contributed by atoms with Gasteiger partial charge in [0, 0.05) is 19.8 Å². The van der Waals surface area contributed by atoms with E-state index in [0.29, 0.717) is 19.8 Å². The molecule has 3 nitrogen and oxygen atoms in total. The van der Waals surface area contributed by atoms with E-state index < -0.39 is 0 Å². The topological polar surface area (TPSA) is 44.5 Å². The van der Waals surface area contributed by atoms with Crippen molar-refractivity contribution < 1.29 is 9.47 Å². The predicted octanol–water partition coefficient (Wildman–Crippen LogP) is 1.92. The Labute approximate surface area is 104 Å². The second kappa shape index (κ2) is 8.23. The number of methoxy groups -OCH3 is 1. The van der Waals surface area contributed by atoms with Crippen molar-refractivity contribution in [1.82, 2.24) is 0 Å². The van der Waals surface area contributed by atoms with Gasteiger partial charge in [0.1, 0.15) is 0 Å². The first-order valence-corrected chi connectivity index (χ1v) is 6.11. The molecule has 1 rings (SSSR count). The van der Waals surface area contributed by atoms with E-state index in [1.807, 2.05) is 0 Å². The smallest absolute Gasteiger partial charge is 0.0700 e. The van der Waals surface area contributed by atoms with Crippen molar-refractivity contribution in [2.24, 2.45) is 5.73 Å². The Morgan fingerprint density at radius 2 is 1.94 bits per heavy atom. The first kappa shape index (κ1) is 14.2. The maximum Gasteiger partial charge on any atom is 0.0700 e. The van der Waals surface area contributed by atoms with E-state index in [9.17, 15) is 0 Å². The molecule has 1 atom stereocenters.